The highest BCUT2D eigenvalue weighted by Crippen LogP contribution is 2.40. The summed E-state index contributed by atoms with van der Waals surface area (Å²) in [6, 6.07) is 6.20. The number of allylic oxidation sites excluding steroid dienone is 2. The third kappa shape index (κ3) is 4.24. The Morgan fingerprint density at radius 1 is 1.19 bits per heavy atom. The molecule has 0 aromatic heterocycles. The summed E-state index contributed by atoms with van der Waals surface area (Å²) in [5.41, 5.74) is 0.122. The Morgan fingerprint density at radius 3 is 2.50 bits per heavy atom. The molecule has 1 aliphatic rings. The maximum atomic E-state index is 13.3. The monoisotopic (exact) mass is 397 g/mol. The number of carbonyl (C=O) groups is 1. The fraction of sp³-hybridized carbons (Fsp3) is 0.211. The fourth-order valence-electron chi connectivity index (χ4n) is 2.62. The summed E-state index contributed by atoms with van der Waals surface area (Å²) >= 11 is 7.72. The summed E-state index contributed by atoms with van der Waals surface area (Å²) in [6.45, 7) is 2.16. The SMILES string of the molecule is CC1CC=C(Sc2cc(C(=O)Nc3cc(F)c(F)c(F)c3)ccc2Cl)C1. The highest BCUT2D eigenvalue weighted by Gasteiger charge is 2.17. The van der Waals surface area contributed by atoms with Gasteiger partial charge in [-0.2, -0.15) is 0 Å². The summed E-state index contributed by atoms with van der Waals surface area (Å²) < 4.78 is 39.6. The zero-order valence-corrected chi connectivity index (χ0v) is 15.4. The molecule has 0 saturated carbocycles. The number of benzene rings is 2. The van der Waals surface area contributed by atoms with Gasteiger partial charge in [0.1, 0.15) is 0 Å². The number of anilines is 1. The topological polar surface area (TPSA) is 29.1 Å². The van der Waals surface area contributed by atoms with Gasteiger partial charge < -0.3 is 5.32 Å². The Bertz CT molecular complexity index is 877. The molecule has 7 heteroatoms. The second-order valence-corrected chi connectivity index (χ2v) is 7.75. The van der Waals surface area contributed by atoms with E-state index in [0.29, 0.717) is 10.9 Å². The first-order valence-corrected chi connectivity index (χ1v) is 9.15. The van der Waals surface area contributed by atoms with E-state index >= 15 is 0 Å². The zero-order valence-electron chi connectivity index (χ0n) is 13.8. The molecular formula is C19H15ClF3NOS. The van der Waals surface area contributed by atoms with Crippen LogP contribution in [-0.4, -0.2) is 5.91 Å². The van der Waals surface area contributed by atoms with E-state index in [-0.39, 0.29) is 11.3 Å². The molecule has 2 aromatic rings. The molecule has 0 saturated heterocycles. The van der Waals surface area contributed by atoms with Crippen LogP contribution < -0.4 is 5.32 Å². The Balaban J connectivity index is 1.78. The lowest BCUT2D eigenvalue weighted by Gasteiger charge is -2.10. The van der Waals surface area contributed by atoms with Crippen LogP contribution in [0.25, 0.3) is 0 Å². The lowest BCUT2D eigenvalue weighted by molar-refractivity contribution is 0.102. The summed E-state index contributed by atoms with van der Waals surface area (Å²) in [5, 5.41) is 2.88. The van der Waals surface area contributed by atoms with Crippen molar-refractivity contribution in [1.29, 1.82) is 0 Å². The van der Waals surface area contributed by atoms with Crippen molar-refractivity contribution < 1.29 is 18.0 Å². The minimum atomic E-state index is -1.58. The number of hydrogen-bond acceptors (Lipinski definition) is 2. The van der Waals surface area contributed by atoms with Crippen LogP contribution in [0.3, 0.4) is 0 Å². The molecule has 136 valence electrons. The zero-order chi connectivity index (χ0) is 18.8. The van der Waals surface area contributed by atoms with Crippen molar-refractivity contribution >= 4 is 35.0 Å². The van der Waals surface area contributed by atoms with Gasteiger partial charge in [-0.1, -0.05) is 36.4 Å². The average molecular weight is 398 g/mol. The molecular weight excluding hydrogens is 383 g/mol. The molecule has 3 rings (SSSR count). The molecule has 1 unspecified atom stereocenters. The molecule has 0 spiro atoms. The predicted molar refractivity (Wildman–Crippen MR) is 98.1 cm³/mol. The van der Waals surface area contributed by atoms with Gasteiger partial charge in [0.05, 0.1) is 5.02 Å². The number of amides is 1. The standard InChI is InChI=1S/C19H15ClF3NOS/c1-10-2-4-13(6-10)26-17-7-11(3-5-14(17)20)19(25)24-12-8-15(21)18(23)16(22)9-12/h3-5,7-10H,2,6H2,1H3,(H,24,25). The summed E-state index contributed by atoms with van der Waals surface area (Å²) in [4.78, 5) is 14.3. The van der Waals surface area contributed by atoms with E-state index < -0.39 is 23.4 Å². The number of rotatable bonds is 4. The summed E-state index contributed by atoms with van der Waals surface area (Å²) in [7, 11) is 0. The smallest absolute Gasteiger partial charge is 0.255 e. The molecule has 0 bridgehead atoms. The molecule has 1 amide bonds. The molecule has 1 aliphatic carbocycles. The minimum Gasteiger partial charge on any atom is -0.322 e. The highest BCUT2D eigenvalue weighted by atomic mass is 35.5. The van der Waals surface area contributed by atoms with Crippen molar-refractivity contribution in [2.45, 2.75) is 24.7 Å². The van der Waals surface area contributed by atoms with E-state index in [4.69, 9.17) is 11.6 Å². The van der Waals surface area contributed by atoms with Gasteiger partial charge in [-0.15, -0.1) is 0 Å². The summed E-state index contributed by atoms with van der Waals surface area (Å²) in [6.07, 6.45) is 4.13. The van der Waals surface area contributed by atoms with Gasteiger partial charge in [0.2, 0.25) is 0 Å². The summed E-state index contributed by atoms with van der Waals surface area (Å²) in [5.74, 6) is -4.29. The van der Waals surface area contributed by atoms with Crippen LogP contribution in [0.4, 0.5) is 18.9 Å². The molecule has 26 heavy (non-hydrogen) atoms. The lowest BCUT2D eigenvalue weighted by atomic mass is 10.1. The van der Waals surface area contributed by atoms with Crippen molar-refractivity contribution in [3.8, 4) is 0 Å². The molecule has 1 N–H and O–H groups in total. The first-order chi connectivity index (χ1) is 12.3. The maximum absolute atomic E-state index is 13.3. The van der Waals surface area contributed by atoms with Crippen LogP contribution in [0.15, 0.2) is 46.2 Å². The van der Waals surface area contributed by atoms with E-state index in [9.17, 15) is 18.0 Å². The van der Waals surface area contributed by atoms with Gasteiger partial charge in [-0.05, 0) is 41.9 Å². The minimum absolute atomic E-state index is 0.164. The molecule has 0 aliphatic heterocycles. The Hall–Kier alpha value is -1.92. The van der Waals surface area contributed by atoms with Crippen molar-refractivity contribution in [3.05, 3.63) is 69.4 Å². The van der Waals surface area contributed by atoms with E-state index in [1.807, 2.05) is 0 Å². The van der Waals surface area contributed by atoms with E-state index in [1.165, 1.54) is 22.7 Å². The normalized spacial score (nSPS) is 16.5. The number of hydrogen-bond donors (Lipinski definition) is 1. The number of halogens is 4. The van der Waals surface area contributed by atoms with Gasteiger partial charge in [-0.25, -0.2) is 13.2 Å². The van der Waals surface area contributed by atoms with Crippen molar-refractivity contribution in [3.63, 3.8) is 0 Å². The van der Waals surface area contributed by atoms with Gasteiger partial charge in [0.15, 0.2) is 17.5 Å². The van der Waals surface area contributed by atoms with E-state index in [0.717, 1.165) is 29.9 Å². The van der Waals surface area contributed by atoms with E-state index in [1.54, 1.807) is 12.1 Å². The molecule has 0 heterocycles. The maximum Gasteiger partial charge on any atom is 0.255 e. The van der Waals surface area contributed by atoms with Gasteiger partial charge in [0, 0.05) is 28.3 Å². The molecule has 0 fully saturated rings. The highest BCUT2D eigenvalue weighted by molar-refractivity contribution is 8.03. The van der Waals surface area contributed by atoms with E-state index in [2.05, 4.69) is 18.3 Å². The largest absolute Gasteiger partial charge is 0.322 e. The molecule has 1 atom stereocenters. The van der Waals surface area contributed by atoms with Gasteiger partial charge in [-0.3, -0.25) is 4.79 Å². The van der Waals surface area contributed by atoms with Gasteiger partial charge >= 0.3 is 0 Å². The van der Waals surface area contributed by atoms with Gasteiger partial charge in [0.25, 0.3) is 5.91 Å². The van der Waals surface area contributed by atoms with Crippen molar-refractivity contribution in [1.82, 2.24) is 0 Å². The van der Waals surface area contributed by atoms with Crippen LogP contribution in [0, 0.1) is 23.4 Å². The van der Waals surface area contributed by atoms with Crippen molar-refractivity contribution in [2.75, 3.05) is 5.32 Å². The van der Waals surface area contributed by atoms with Crippen LogP contribution in [0.5, 0.6) is 0 Å². The molecule has 2 aromatic carbocycles. The predicted octanol–water partition coefficient (Wildman–Crippen LogP) is 6.42. The first kappa shape index (κ1) is 18.9. The van der Waals surface area contributed by atoms with Crippen LogP contribution in [-0.2, 0) is 0 Å². The first-order valence-electron chi connectivity index (χ1n) is 7.96. The van der Waals surface area contributed by atoms with Crippen LogP contribution >= 0.6 is 23.4 Å². The van der Waals surface area contributed by atoms with Crippen LogP contribution in [0.2, 0.25) is 5.02 Å². The molecule has 2 nitrogen and oxygen atoms in total. The molecule has 0 radical (unpaired) electrons. The second-order valence-electron chi connectivity index (χ2n) is 6.17. The Morgan fingerprint density at radius 2 is 1.88 bits per heavy atom. The number of thioether (sulfide) groups is 1. The third-order valence-electron chi connectivity index (χ3n) is 3.97. The third-order valence-corrected chi connectivity index (χ3v) is 5.57. The lowest BCUT2D eigenvalue weighted by Crippen LogP contribution is -2.12. The number of nitrogens with one attached hydrogen (secondary N) is 1. The van der Waals surface area contributed by atoms with Crippen molar-refractivity contribution in [2.24, 2.45) is 5.92 Å². The fourth-order valence-corrected chi connectivity index (χ4v) is 4.04. The van der Waals surface area contributed by atoms with Crippen LogP contribution in [0.1, 0.15) is 30.1 Å². The quantitative estimate of drug-likeness (QED) is 0.603. The average Bonchev–Trinajstić information content (AvgIpc) is 2.99. The Labute approximate surface area is 158 Å². The number of carbonyl (C=O) groups excluding carboxylic acids is 1. The second kappa shape index (κ2) is 7.76. The Kier molecular flexibility index (Phi) is 5.63.